The monoisotopic (exact) mass is 354 g/mol. The van der Waals surface area contributed by atoms with Crippen LogP contribution >= 0.6 is 0 Å². The van der Waals surface area contributed by atoms with E-state index < -0.39 is 0 Å². The van der Waals surface area contributed by atoms with E-state index in [1.807, 2.05) is 34.0 Å². The number of aryl methyl sites for hydroxylation is 1. The minimum atomic E-state index is 0.190. The molecule has 2 heterocycles. The number of amides is 1. The Kier molecular flexibility index (Phi) is 5.02. The zero-order valence-electron chi connectivity index (χ0n) is 15.3. The lowest BCUT2D eigenvalue weighted by molar-refractivity contribution is -0.129. The second-order valence-electron chi connectivity index (χ2n) is 7.53. The molecule has 1 aliphatic heterocycles. The Bertz CT molecular complexity index is 769. The summed E-state index contributed by atoms with van der Waals surface area (Å²) in [6.07, 6.45) is 5.94. The number of carbonyl (C=O) groups excluding carboxylic acids is 1. The molecule has 1 unspecified atom stereocenters. The van der Waals surface area contributed by atoms with E-state index >= 15 is 0 Å². The maximum absolute atomic E-state index is 12.6. The van der Waals surface area contributed by atoms with Crippen molar-refractivity contribution < 1.29 is 9.53 Å². The number of rotatable bonds is 7. The summed E-state index contributed by atoms with van der Waals surface area (Å²) >= 11 is 0. The molecule has 4 rings (SSSR count). The molecule has 0 bridgehead atoms. The molecule has 26 heavy (non-hydrogen) atoms. The highest BCUT2D eigenvalue weighted by Gasteiger charge is 2.28. The Morgan fingerprint density at radius 2 is 2.12 bits per heavy atom. The van der Waals surface area contributed by atoms with Crippen LogP contribution in [0.3, 0.4) is 0 Å². The highest BCUT2D eigenvalue weighted by Crippen LogP contribution is 2.29. The third-order valence-corrected chi connectivity index (χ3v) is 5.35. The van der Waals surface area contributed by atoms with E-state index in [1.54, 1.807) is 0 Å². The van der Waals surface area contributed by atoms with Gasteiger partial charge in [0.15, 0.2) is 0 Å². The van der Waals surface area contributed by atoms with Crippen molar-refractivity contribution in [3.63, 3.8) is 0 Å². The van der Waals surface area contributed by atoms with Crippen molar-refractivity contribution in [1.82, 2.24) is 19.9 Å². The van der Waals surface area contributed by atoms with Crippen molar-refractivity contribution in [1.29, 1.82) is 0 Å². The summed E-state index contributed by atoms with van der Waals surface area (Å²) in [4.78, 5) is 14.6. The molecule has 1 saturated heterocycles. The number of likely N-dealkylation sites (tertiary alicyclic amines) is 1. The highest BCUT2D eigenvalue weighted by molar-refractivity contribution is 5.79. The lowest BCUT2D eigenvalue weighted by Crippen LogP contribution is -2.30. The molecule has 1 aliphatic carbocycles. The molecule has 1 aromatic carbocycles. The van der Waals surface area contributed by atoms with Gasteiger partial charge in [0.05, 0.1) is 25.3 Å². The van der Waals surface area contributed by atoms with Gasteiger partial charge >= 0.3 is 0 Å². The standard InChI is InChI=1S/C20H26N4O2/c1-15-4-2-3-5-17(15)10-20(25)23-9-8-19(12-23)24-11-18(21-22-24)14-26-13-16-6-7-16/h2-5,11,16,19H,6-10,12-14H2,1H3. The van der Waals surface area contributed by atoms with Gasteiger partial charge in [0.1, 0.15) is 5.69 Å². The first-order valence-corrected chi connectivity index (χ1v) is 9.50. The van der Waals surface area contributed by atoms with Crippen LogP contribution in [0, 0.1) is 12.8 Å². The van der Waals surface area contributed by atoms with Gasteiger partial charge in [-0.15, -0.1) is 5.10 Å². The van der Waals surface area contributed by atoms with Crippen molar-refractivity contribution in [2.75, 3.05) is 19.7 Å². The molecule has 1 atom stereocenters. The molecule has 2 aromatic rings. The van der Waals surface area contributed by atoms with Gasteiger partial charge in [-0.3, -0.25) is 4.79 Å². The molecular weight excluding hydrogens is 328 g/mol. The normalized spacial score (nSPS) is 19.9. The average molecular weight is 354 g/mol. The van der Waals surface area contributed by atoms with Gasteiger partial charge in [0, 0.05) is 19.7 Å². The highest BCUT2D eigenvalue weighted by atomic mass is 16.5. The summed E-state index contributed by atoms with van der Waals surface area (Å²) in [5.41, 5.74) is 3.15. The van der Waals surface area contributed by atoms with Crippen LogP contribution in [0.15, 0.2) is 30.5 Å². The van der Waals surface area contributed by atoms with Crippen LogP contribution in [-0.2, 0) is 22.6 Å². The number of aromatic nitrogens is 3. The number of hydrogen-bond donors (Lipinski definition) is 0. The van der Waals surface area contributed by atoms with E-state index in [0.717, 1.165) is 36.7 Å². The van der Waals surface area contributed by atoms with Gasteiger partial charge in [0.2, 0.25) is 5.91 Å². The van der Waals surface area contributed by atoms with E-state index in [1.165, 1.54) is 18.4 Å². The molecule has 138 valence electrons. The Labute approximate surface area is 154 Å². The van der Waals surface area contributed by atoms with Crippen molar-refractivity contribution in [3.05, 3.63) is 47.3 Å². The summed E-state index contributed by atoms with van der Waals surface area (Å²) in [6.45, 7) is 4.90. The minimum Gasteiger partial charge on any atom is -0.375 e. The van der Waals surface area contributed by atoms with E-state index in [9.17, 15) is 4.79 Å². The number of carbonyl (C=O) groups is 1. The first-order valence-electron chi connectivity index (χ1n) is 9.50. The molecule has 1 saturated carbocycles. The summed E-state index contributed by atoms with van der Waals surface area (Å²) in [7, 11) is 0. The minimum absolute atomic E-state index is 0.190. The van der Waals surface area contributed by atoms with Crippen LogP contribution in [0.1, 0.15) is 42.1 Å². The van der Waals surface area contributed by atoms with E-state index in [4.69, 9.17) is 4.74 Å². The third-order valence-electron chi connectivity index (χ3n) is 5.35. The SMILES string of the molecule is Cc1ccccc1CC(=O)N1CCC(n2cc(COCC3CC3)nn2)C1. The van der Waals surface area contributed by atoms with Crippen molar-refractivity contribution in [2.24, 2.45) is 5.92 Å². The maximum atomic E-state index is 12.6. The van der Waals surface area contributed by atoms with Crippen LogP contribution in [-0.4, -0.2) is 45.5 Å². The predicted molar refractivity (Wildman–Crippen MR) is 97.5 cm³/mol. The molecule has 0 spiro atoms. The fourth-order valence-electron chi connectivity index (χ4n) is 3.44. The largest absolute Gasteiger partial charge is 0.375 e. The zero-order chi connectivity index (χ0) is 17.9. The number of nitrogens with zero attached hydrogens (tertiary/aromatic N) is 4. The van der Waals surface area contributed by atoms with Gasteiger partial charge in [0.25, 0.3) is 0 Å². The van der Waals surface area contributed by atoms with Crippen LogP contribution in [0.2, 0.25) is 0 Å². The topological polar surface area (TPSA) is 60.2 Å². The van der Waals surface area contributed by atoms with Crippen molar-refractivity contribution >= 4 is 5.91 Å². The van der Waals surface area contributed by atoms with Gasteiger partial charge < -0.3 is 9.64 Å². The predicted octanol–water partition coefficient (Wildman–Crippen LogP) is 2.53. The molecule has 0 radical (unpaired) electrons. The number of benzene rings is 1. The summed E-state index contributed by atoms with van der Waals surface area (Å²) < 4.78 is 7.58. The number of hydrogen-bond acceptors (Lipinski definition) is 4. The first-order chi connectivity index (χ1) is 12.7. The van der Waals surface area contributed by atoms with Gasteiger partial charge in [-0.1, -0.05) is 29.5 Å². The molecule has 2 aliphatic rings. The molecule has 2 fully saturated rings. The van der Waals surface area contributed by atoms with E-state index in [0.29, 0.717) is 19.6 Å². The lowest BCUT2D eigenvalue weighted by Gasteiger charge is -2.17. The van der Waals surface area contributed by atoms with Crippen molar-refractivity contribution in [2.45, 2.75) is 45.3 Å². The van der Waals surface area contributed by atoms with Crippen LogP contribution in [0.5, 0.6) is 0 Å². The number of ether oxygens (including phenoxy) is 1. The Hall–Kier alpha value is -2.21. The van der Waals surface area contributed by atoms with E-state index in [2.05, 4.69) is 23.3 Å². The third kappa shape index (κ3) is 4.12. The van der Waals surface area contributed by atoms with Gasteiger partial charge in [-0.2, -0.15) is 0 Å². The first kappa shape index (κ1) is 17.2. The van der Waals surface area contributed by atoms with E-state index in [-0.39, 0.29) is 11.9 Å². The molecule has 6 heteroatoms. The molecule has 0 N–H and O–H groups in total. The smallest absolute Gasteiger partial charge is 0.227 e. The molecule has 6 nitrogen and oxygen atoms in total. The van der Waals surface area contributed by atoms with Crippen LogP contribution < -0.4 is 0 Å². The molecular formula is C20H26N4O2. The van der Waals surface area contributed by atoms with Gasteiger partial charge in [-0.05, 0) is 43.2 Å². The van der Waals surface area contributed by atoms with Gasteiger partial charge in [-0.25, -0.2) is 4.68 Å². The quantitative estimate of drug-likeness (QED) is 0.767. The Morgan fingerprint density at radius 1 is 1.27 bits per heavy atom. The van der Waals surface area contributed by atoms with Crippen LogP contribution in [0.4, 0.5) is 0 Å². The molecule has 1 aromatic heterocycles. The average Bonchev–Trinajstić information content (AvgIpc) is 3.13. The fraction of sp³-hybridized carbons (Fsp3) is 0.550. The Morgan fingerprint density at radius 3 is 2.92 bits per heavy atom. The Balaban J connectivity index is 1.29. The summed E-state index contributed by atoms with van der Waals surface area (Å²) in [6, 6.07) is 8.29. The summed E-state index contributed by atoms with van der Waals surface area (Å²) in [5, 5.41) is 8.46. The van der Waals surface area contributed by atoms with Crippen molar-refractivity contribution in [3.8, 4) is 0 Å². The fourth-order valence-corrected chi connectivity index (χ4v) is 3.44. The zero-order valence-corrected chi connectivity index (χ0v) is 15.3. The maximum Gasteiger partial charge on any atom is 0.227 e. The summed E-state index contributed by atoms with van der Waals surface area (Å²) in [5.74, 6) is 0.947. The lowest BCUT2D eigenvalue weighted by atomic mass is 10.1. The molecule has 1 amide bonds. The second kappa shape index (κ2) is 7.58. The second-order valence-corrected chi connectivity index (χ2v) is 7.53. The van der Waals surface area contributed by atoms with Crippen LogP contribution in [0.25, 0.3) is 0 Å².